The minimum absolute atomic E-state index is 0.0314. The fourth-order valence-electron chi connectivity index (χ4n) is 4.35. The summed E-state index contributed by atoms with van der Waals surface area (Å²) in [6, 6.07) is 11.8. The van der Waals surface area contributed by atoms with E-state index in [9.17, 15) is 14.7 Å². The van der Waals surface area contributed by atoms with Gasteiger partial charge in [0.15, 0.2) is 0 Å². The molecule has 2 aromatic heterocycles. The number of carbonyl (C=O) groups is 2. The largest absolute Gasteiger partial charge is 0.871 e. The van der Waals surface area contributed by atoms with Crippen LogP contribution in [0.25, 0.3) is 11.4 Å². The maximum absolute atomic E-state index is 13.8. The molecule has 8 nitrogen and oxygen atoms in total. The molecule has 3 heterocycles. The Labute approximate surface area is 192 Å². The zero-order valence-corrected chi connectivity index (χ0v) is 19.3. The van der Waals surface area contributed by atoms with Gasteiger partial charge in [-0.15, -0.1) is 0 Å². The molecule has 1 aliphatic rings. The van der Waals surface area contributed by atoms with Crippen molar-refractivity contribution < 1.29 is 24.3 Å². The lowest BCUT2D eigenvalue weighted by atomic mass is 9.96. The number of rotatable bonds is 7. The van der Waals surface area contributed by atoms with E-state index in [1.54, 1.807) is 61.0 Å². The Morgan fingerprint density at radius 3 is 2.55 bits per heavy atom. The van der Waals surface area contributed by atoms with Crippen LogP contribution in [0.3, 0.4) is 0 Å². The summed E-state index contributed by atoms with van der Waals surface area (Å²) < 4.78 is 6.93. The SMILES string of the molecule is COc1ccc(C2/C(=C(\[O-])c3c(C)nc4ccccn34)C(=O)C(=O)N2CCC[NH+](C)C)cc1. The van der Waals surface area contributed by atoms with Gasteiger partial charge in [-0.1, -0.05) is 24.0 Å². The number of benzene rings is 1. The lowest BCUT2D eigenvalue weighted by molar-refractivity contribution is -0.858. The van der Waals surface area contributed by atoms with Crippen LogP contribution in [0.4, 0.5) is 0 Å². The van der Waals surface area contributed by atoms with Gasteiger partial charge >= 0.3 is 0 Å². The Balaban J connectivity index is 1.87. The van der Waals surface area contributed by atoms with E-state index in [0.717, 1.165) is 6.54 Å². The molecule has 1 atom stereocenters. The molecule has 1 saturated heterocycles. The highest BCUT2D eigenvalue weighted by Gasteiger charge is 2.44. The highest BCUT2D eigenvalue weighted by molar-refractivity contribution is 6.46. The highest BCUT2D eigenvalue weighted by atomic mass is 16.5. The molecule has 1 unspecified atom stereocenters. The first-order valence-corrected chi connectivity index (χ1v) is 11.0. The number of fused-ring (bicyclic) bond motifs is 1. The number of imidazole rings is 1. The van der Waals surface area contributed by atoms with Crippen LogP contribution < -0.4 is 14.7 Å². The molecule has 0 bridgehead atoms. The first-order chi connectivity index (χ1) is 15.8. The zero-order chi connectivity index (χ0) is 23.7. The van der Waals surface area contributed by atoms with Gasteiger partial charge in [0.2, 0.25) is 5.78 Å². The minimum atomic E-state index is -0.755. The monoisotopic (exact) mass is 448 g/mol. The number of nitrogens with zero attached hydrogens (tertiary/aromatic N) is 3. The first-order valence-electron chi connectivity index (χ1n) is 11.0. The molecule has 0 spiro atoms. The molecule has 1 aromatic carbocycles. The number of pyridine rings is 1. The summed E-state index contributed by atoms with van der Waals surface area (Å²) in [5.41, 5.74) is 2.10. The number of hydrogen-bond acceptors (Lipinski definition) is 5. The Hall–Kier alpha value is -3.65. The maximum Gasteiger partial charge on any atom is 0.295 e. The first kappa shape index (κ1) is 22.5. The Kier molecular flexibility index (Phi) is 6.20. The van der Waals surface area contributed by atoms with Crippen LogP contribution >= 0.6 is 0 Å². The predicted molar refractivity (Wildman–Crippen MR) is 122 cm³/mol. The van der Waals surface area contributed by atoms with Crippen molar-refractivity contribution in [2.24, 2.45) is 0 Å². The molecule has 172 valence electrons. The second-order valence-electron chi connectivity index (χ2n) is 8.53. The predicted octanol–water partition coefficient (Wildman–Crippen LogP) is 0.410. The molecule has 1 N–H and O–H groups in total. The number of carbonyl (C=O) groups excluding carboxylic acids is 2. The molecule has 1 aliphatic heterocycles. The van der Waals surface area contributed by atoms with Crippen LogP contribution in [0.15, 0.2) is 54.2 Å². The quantitative estimate of drug-likeness (QED) is 0.321. The summed E-state index contributed by atoms with van der Waals surface area (Å²) in [5, 5.41) is 13.8. The molecule has 3 aromatic rings. The van der Waals surface area contributed by atoms with Crippen molar-refractivity contribution in [3.63, 3.8) is 0 Å². The molecule has 33 heavy (non-hydrogen) atoms. The number of Topliss-reactive ketones (excluding diaryl/α,β-unsaturated/α-hetero) is 1. The number of aromatic nitrogens is 2. The third kappa shape index (κ3) is 4.09. The van der Waals surface area contributed by atoms with E-state index in [1.165, 1.54) is 9.80 Å². The maximum atomic E-state index is 13.8. The van der Waals surface area contributed by atoms with E-state index >= 15 is 0 Å². The van der Waals surface area contributed by atoms with Gasteiger partial charge in [0, 0.05) is 24.7 Å². The zero-order valence-electron chi connectivity index (χ0n) is 19.3. The van der Waals surface area contributed by atoms with Gasteiger partial charge in [-0.25, -0.2) is 4.98 Å². The van der Waals surface area contributed by atoms with Gasteiger partial charge in [0.25, 0.3) is 5.91 Å². The van der Waals surface area contributed by atoms with E-state index in [0.29, 0.717) is 41.3 Å². The Bertz CT molecular complexity index is 1230. The number of nitrogens with one attached hydrogen (secondary N) is 1. The number of methoxy groups -OCH3 is 1. The van der Waals surface area contributed by atoms with E-state index in [-0.39, 0.29) is 5.57 Å². The van der Waals surface area contributed by atoms with Crippen molar-refractivity contribution in [2.45, 2.75) is 19.4 Å². The van der Waals surface area contributed by atoms with Crippen LogP contribution in [0.1, 0.15) is 29.4 Å². The Morgan fingerprint density at radius 2 is 1.88 bits per heavy atom. The molecular weight excluding hydrogens is 420 g/mol. The lowest BCUT2D eigenvalue weighted by Crippen LogP contribution is -3.05. The van der Waals surface area contributed by atoms with Crippen LogP contribution in [0, 0.1) is 6.92 Å². The normalized spacial score (nSPS) is 18.0. The van der Waals surface area contributed by atoms with Gasteiger partial charge in [-0.2, -0.15) is 0 Å². The average Bonchev–Trinajstić information content (AvgIpc) is 3.27. The molecular formula is C25H28N4O4. The second kappa shape index (κ2) is 9.07. The molecule has 0 saturated carbocycles. The van der Waals surface area contributed by atoms with Crippen molar-refractivity contribution in [3.8, 4) is 5.75 Å². The number of ether oxygens (including phenoxy) is 1. The number of amides is 1. The Morgan fingerprint density at radius 1 is 1.15 bits per heavy atom. The number of ketones is 1. The molecule has 1 fully saturated rings. The van der Waals surface area contributed by atoms with Crippen molar-refractivity contribution in [1.29, 1.82) is 0 Å². The summed E-state index contributed by atoms with van der Waals surface area (Å²) >= 11 is 0. The molecule has 0 radical (unpaired) electrons. The standard InChI is InChI=1S/C25H28N4O4/c1-16-21(28-14-6-5-8-19(28)26-16)23(30)20-22(17-9-11-18(33-4)12-10-17)29(25(32)24(20)31)15-7-13-27(2)3/h5-6,8-12,14,22,30H,7,13,15H2,1-4H3/b23-20+. The topological polar surface area (TPSA) is 91.4 Å². The van der Waals surface area contributed by atoms with Gasteiger partial charge in [0.1, 0.15) is 11.4 Å². The van der Waals surface area contributed by atoms with Gasteiger partial charge in [0.05, 0.1) is 45.2 Å². The molecule has 8 heteroatoms. The number of quaternary nitrogens is 1. The lowest BCUT2D eigenvalue weighted by Gasteiger charge is -2.27. The summed E-state index contributed by atoms with van der Waals surface area (Å²) in [6.45, 7) is 2.96. The van der Waals surface area contributed by atoms with Crippen LogP contribution in [-0.4, -0.2) is 60.3 Å². The van der Waals surface area contributed by atoms with Crippen molar-refractivity contribution in [3.05, 3.63) is 71.2 Å². The second-order valence-corrected chi connectivity index (χ2v) is 8.53. The summed E-state index contributed by atoms with van der Waals surface area (Å²) in [4.78, 5) is 33.5. The van der Waals surface area contributed by atoms with E-state index in [2.05, 4.69) is 4.98 Å². The highest BCUT2D eigenvalue weighted by Crippen LogP contribution is 2.39. The fraction of sp³-hybridized carbons (Fsp3) is 0.320. The van der Waals surface area contributed by atoms with Gasteiger partial charge < -0.3 is 24.0 Å². The minimum Gasteiger partial charge on any atom is -0.871 e. The smallest absolute Gasteiger partial charge is 0.295 e. The fourth-order valence-corrected chi connectivity index (χ4v) is 4.35. The molecule has 0 aliphatic carbocycles. The van der Waals surface area contributed by atoms with Crippen molar-refractivity contribution >= 4 is 23.1 Å². The average molecular weight is 449 g/mol. The summed E-state index contributed by atoms with van der Waals surface area (Å²) in [5.74, 6) is -1.20. The van der Waals surface area contributed by atoms with Crippen LogP contribution in [0.2, 0.25) is 0 Å². The number of aryl methyl sites for hydroxylation is 1. The summed E-state index contributed by atoms with van der Waals surface area (Å²) in [6.07, 6.45) is 2.45. The van der Waals surface area contributed by atoms with E-state index in [4.69, 9.17) is 4.74 Å². The number of likely N-dealkylation sites (tertiary alicyclic amines) is 1. The van der Waals surface area contributed by atoms with Gasteiger partial charge in [-0.3, -0.25) is 9.59 Å². The van der Waals surface area contributed by atoms with E-state index < -0.39 is 23.5 Å². The van der Waals surface area contributed by atoms with E-state index in [1.807, 2.05) is 20.2 Å². The molecule has 1 amide bonds. The molecule has 4 rings (SSSR count). The van der Waals surface area contributed by atoms with Gasteiger partial charge in [-0.05, 0) is 36.8 Å². The van der Waals surface area contributed by atoms with Crippen LogP contribution in [-0.2, 0) is 9.59 Å². The van der Waals surface area contributed by atoms with Crippen LogP contribution in [0.5, 0.6) is 5.75 Å². The van der Waals surface area contributed by atoms with Crippen molar-refractivity contribution in [2.75, 3.05) is 34.3 Å². The third-order valence-electron chi connectivity index (χ3n) is 5.96. The number of hydrogen-bond donors (Lipinski definition) is 1. The summed E-state index contributed by atoms with van der Waals surface area (Å²) in [7, 11) is 5.64. The third-order valence-corrected chi connectivity index (χ3v) is 5.96. The van der Waals surface area contributed by atoms with Crippen molar-refractivity contribution in [1.82, 2.24) is 14.3 Å².